The third kappa shape index (κ3) is 3.01. The second kappa shape index (κ2) is 5.41. The van der Waals surface area contributed by atoms with Crippen LogP contribution in [0.3, 0.4) is 0 Å². The third-order valence-electron chi connectivity index (χ3n) is 2.34. The van der Waals surface area contributed by atoms with Gasteiger partial charge in [0, 0.05) is 12.7 Å². The van der Waals surface area contributed by atoms with Crippen molar-refractivity contribution in [2.75, 3.05) is 6.61 Å². The molecule has 2 rings (SSSR count). The molecule has 0 radical (unpaired) electrons. The maximum Gasteiger partial charge on any atom is 0.238 e. The highest BCUT2D eigenvalue weighted by atomic mass is 16.5. The Morgan fingerprint density at radius 1 is 1.12 bits per heavy atom. The zero-order chi connectivity index (χ0) is 12.1. The van der Waals surface area contributed by atoms with Crippen molar-refractivity contribution in [1.29, 1.82) is 0 Å². The Labute approximate surface area is 99.9 Å². The van der Waals surface area contributed by atoms with E-state index in [2.05, 4.69) is 10.2 Å². The van der Waals surface area contributed by atoms with Crippen LogP contribution < -0.4 is 4.74 Å². The van der Waals surface area contributed by atoms with E-state index >= 15 is 0 Å². The van der Waals surface area contributed by atoms with Gasteiger partial charge in [0.2, 0.25) is 5.88 Å². The Hall–Kier alpha value is -1.94. The summed E-state index contributed by atoms with van der Waals surface area (Å²) in [4.78, 5) is 0. The molecule has 0 amide bonds. The Morgan fingerprint density at radius 3 is 2.65 bits per heavy atom. The number of hydrogen-bond donors (Lipinski definition) is 1. The van der Waals surface area contributed by atoms with Gasteiger partial charge in [-0.05, 0) is 31.0 Å². The normalized spacial score (nSPS) is 10.2. The molecule has 0 saturated heterocycles. The minimum Gasteiger partial charge on any atom is -0.437 e. The summed E-state index contributed by atoms with van der Waals surface area (Å²) >= 11 is 0. The van der Waals surface area contributed by atoms with Gasteiger partial charge < -0.3 is 9.84 Å². The lowest BCUT2D eigenvalue weighted by molar-refractivity contribution is 0.297. The number of nitrogens with zero attached hydrogens (tertiary/aromatic N) is 2. The summed E-state index contributed by atoms with van der Waals surface area (Å²) in [5.41, 5.74) is 1.80. The number of ether oxygens (including phenoxy) is 1. The molecule has 1 heterocycles. The average molecular weight is 230 g/mol. The molecule has 0 aliphatic heterocycles. The number of aryl methyl sites for hydroxylation is 1. The molecular weight excluding hydrogens is 216 g/mol. The van der Waals surface area contributed by atoms with E-state index in [1.165, 1.54) is 0 Å². The van der Waals surface area contributed by atoms with E-state index in [4.69, 9.17) is 9.84 Å². The zero-order valence-corrected chi connectivity index (χ0v) is 9.63. The van der Waals surface area contributed by atoms with Crippen LogP contribution in [0.15, 0.2) is 36.4 Å². The molecule has 0 saturated carbocycles. The van der Waals surface area contributed by atoms with Crippen LogP contribution in [0.5, 0.6) is 11.6 Å². The van der Waals surface area contributed by atoms with Crippen molar-refractivity contribution >= 4 is 0 Å². The Balaban J connectivity index is 2.20. The maximum atomic E-state index is 8.96. The van der Waals surface area contributed by atoms with Gasteiger partial charge >= 0.3 is 0 Å². The van der Waals surface area contributed by atoms with Crippen LogP contribution in [0.25, 0.3) is 0 Å². The second-order valence-corrected chi connectivity index (χ2v) is 3.70. The molecule has 0 spiro atoms. The summed E-state index contributed by atoms with van der Waals surface area (Å²) < 4.78 is 5.63. The van der Waals surface area contributed by atoms with Crippen molar-refractivity contribution in [2.24, 2.45) is 0 Å². The van der Waals surface area contributed by atoms with E-state index in [9.17, 15) is 0 Å². The van der Waals surface area contributed by atoms with Crippen molar-refractivity contribution in [3.8, 4) is 11.6 Å². The largest absolute Gasteiger partial charge is 0.437 e. The van der Waals surface area contributed by atoms with Crippen LogP contribution in [-0.2, 0) is 6.42 Å². The fourth-order valence-electron chi connectivity index (χ4n) is 1.48. The Morgan fingerprint density at radius 2 is 1.94 bits per heavy atom. The maximum absolute atomic E-state index is 8.96. The van der Waals surface area contributed by atoms with Gasteiger partial charge in [-0.25, -0.2) is 0 Å². The van der Waals surface area contributed by atoms with Gasteiger partial charge in [-0.15, -0.1) is 5.10 Å². The fourth-order valence-corrected chi connectivity index (χ4v) is 1.48. The summed E-state index contributed by atoms with van der Waals surface area (Å²) in [7, 11) is 0. The molecule has 0 aliphatic carbocycles. The highest BCUT2D eigenvalue weighted by molar-refractivity contribution is 5.36. The van der Waals surface area contributed by atoms with E-state index in [1.807, 2.05) is 37.3 Å². The van der Waals surface area contributed by atoms with Gasteiger partial charge in [0.15, 0.2) is 0 Å². The molecule has 1 N–H and O–H groups in total. The van der Waals surface area contributed by atoms with Crippen molar-refractivity contribution < 1.29 is 9.84 Å². The van der Waals surface area contributed by atoms with Gasteiger partial charge in [0.05, 0.1) is 5.69 Å². The minimum absolute atomic E-state index is 0.0972. The number of para-hydroxylation sites is 1. The lowest BCUT2D eigenvalue weighted by Crippen LogP contribution is -1.97. The smallest absolute Gasteiger partial charge is 0.238 e. The first-order chi connectivity index (χ1) is 8.29. The third-order valence-corrected chi connectivity index (χ3v) is 2.34. The molecule has 0 aliphatic rings. The quantitative estimate of drug-likeness (QED) is 0.874. The summed E-state index contributed by atoms with van der Waals surface area (Å²) in [5, 5.41) is 16.8. The lowest BCUT2D eigenvalue weighted by Gasteiger charge is -2.08. The molecule has 4 nitrogen and oxygen atoms in total. The molecule has 17 heavy (non-hydrogen) atoms. The van der Waals surface area contributed by atoms with E-state index in [-0.39, 0.29) is 6.61 Å². The average Bonchev–Trinajstić information content (AvgIpc) is 2.35. The first kappa shape index (κ1) is 11.5. The Bertz CT molecular complexity index is 483. The molecule has 4 heteroatoms. The Kier molecular flexibility index (Phi) is 3.67. The molecule has 0 bridgehead atoms. The lowest BCUT2D eigenvalue weighted by atomic mass is 10.1. The highest BCUT2D eigenvalue weighted by Crippen LogP contribution is 2.23. The number of rotatable bonds is 4. The molecule has 0 unspecified atom stereocenters. The van der Waals surface area contributed by atoms with Gasteiger partial charge in [0.25, 0.3) is 0 Å². The van der Waals surface area contributed by atoms with Crippen molar-refractivity contribution in [2.45, 2.75) is 13.3 Å². The van der Waals surface area contributed by atoms with Gasteiger partial charge in [-0.1, -0.05) is 18.2 Å². The van der Waals surface area contributed by atoms with Crippen molar-refractivity contribution in [1.82, 2.24) is 10.2 Å². The summed E-state index contributed by atoms with van der Waals surface area (Å²) in [5.74, 6) is 1.17. The first-order valence-corrected chi connectivity index (χ1v) is 5.46. The van der Waals surface area contributed by atoms with Crippen LogP contribution in [0.4, 0.5) is 0 Å². The van der Waals surface area contributed by atoms with E-state index in [0.29, 0.717) is 18.1 Å². The topological polar surface area (TPSA) is 55.2 Å². The zero-order valence-electron chi connectivity index (χ0n) is 9.63. The van der Waals surface area contributed by atoms with Crippen LogP contribution >= 0.6 is 0 Å². The number of benzene rings is 1. The van der Waals surface area contributed by atoms with Gasteiger partial charge in [0.1, 0.15) is 5.75 Å². The summed E-state index contributed by atoms with van der Waals surface area (Å²) in [6.45, 7) is 1.97. The van der Waals surface area contributed by atoms with Crippen molar-refractivity contribution in [3.63, 3.8) is 0 Å². The molecule has 88 valence electrons. The summed E-state index contributed by atoms with van der Waals surface area (Å²) in [6.07, 6.45) is 0.565. The second-order valence-electron chi connectivity index (χ2n) is 3.70. The molecule has 0 fully saturated rings. The number of aliphatic hydroxyl groups is 1. The van der Waals surface area contributed by atoms with Crippen LogP contribution in [0.2, 0.25) is 0 Å². The van der Waals surface area contributed by atoms with Crippen LogP contribution in [0.1, 0.15) is 11.3 Å². The number of hydrogen-bond acceptors (Lipinski definition) is 4. The molecule has 2 aromatic rings. The fraction of sp³-hybridized carbons (Fsp3) is 0.231. The van der Waals surface area contributed by atoms with E-state index in [0.717, 1.165) is 11.3 Å². The number of aromatic nitrogens is 2. The predicted molar refractivity (Wildman–Crippen MR) is 64.1 cm³/mol. The minimum atomic E-state index is 0.0972. The first-order valence-electron chi connectivity index (χ1n) is 5.46. The van der Waals surface area contributed by atoms with Crippen molar-refractivity contribution in [3.05, 3.63) is 47.7 Å². The SMILES string of the molecule is Cc1ccc(Oc2ccccc2CCO)nn1. The van der Waals surface area contributed by atoms with E-state index < -0.39 is 0 Å². The summed E-state index contributed by atoms with van der Waals surface area (Å²) in [6, 6.07) is 11.2. The molecular formula is C13H14N2O2. The number of aliphatic hydroxyl groups excluding tert-OH is 1. The molecule has 1 aromatic heterocycles. The monoisotopic (exact) mass is 230 g/mol. The standard InChI is InChI=1S/C13H14N2O2/c1-10-6-7-13(15-14-10)17-12-5-3-2-4-11(12)8-9-16/h2-7,16H,8-9H2,1H3. The van der Waals surface area contributed by atoms with Gasteiger partial charge in [-0.2, -0.15) is 5.10 Å². The van der Waals surface area contributed by atoms with Crippen LogP contribution in [0, 0.1) is 6.92 Å². The highest BCUT2D eigenvalue weighted by Gasteiger charge is 2.04. The molecule has 0 atom stereocenters. The van der Waals surface area contributed by atoms with Crippen LogP contribution in [-0.4, -0.2) is 21.9 Å². The predicted octanol–water partition coefficient (Wildman–Crippen LogP) is 2.11. The van der Waals surface area contributed by atoms with Gasteiger partial charge in [-0.3, -0.25) is 0 Å². The van der Waals surface area contributed by atoms with E-state index in [1.54, 1.807) is 6.07 Å². The molecule has 1 aromatic carbocycles.